The van der Waals surface area contributed by atoms with E-state index < -0.39 is 5.97 Å². The predicted molar refractivity (Wildman–Crippen MR) is 52.7 cm³/mol. The van der Waals surface area contributed by atoms with Crippen molar-refractivity contribution in [3.05, 3.63) is 21.4 Å². The summed E-state index contributed by atoms with van der Waals surface area (Å²) in [5, 5.41) is 0.266. The van der Waals surface area contributed by atoms with Crippen molar-refractivity contribution >= 4 is 39.2 Å². The Morgan fingerprint density at radius 3 is 2.85 bits per heavy atom. The molecule has 0 saturated heterocycles. The Bertz CT molecular complexity index is 333. The molecule has 0 aliphatic carbocycles. The number of nitrogens with two attached hydrogens (primary N) is 1. The fraction of sp³-hybridized carbons (Fsp3) is 0.143. The quantitative estimate of drug-likeness (QED) is 0.622. The van der Waals surface area contributed by atoms with Gasteiger partial charge in [0.1, 0.15) is 4.60 Å². The highest BCUT2D eigenvalue weighted by Crippen LogP contribution is 2.26. The first-order valence-corrected chi connectivity index (χ1v) is 4.43. The van der Waals surface area contributed by atoms with Crippen LogP contribution in [0.25, 0.3) is 0 Å². The van der Waals surface area contributed by atoms with Gasteiger partial charge in [0.2, 0.25) is 0 Å². The highest BCUT2D eigenvalue weighted by molar-refractivity contribution is 9.10. The summed E-state index contributed by atoms with van der Waals surface area (Å²) >= 11 is 8.78. The van der Waals surface area contributed by atoms with Crippen molar-refractivity contribution in [3.8, 4) is 0 Å². The van der Waals surface area contributed by atoms with E-state index in [1.807, 2.05) is 0 Å². The fourth-order valence-electron chi connectivity index (χ4n) is 0.704. The molecule has 0 radical (unpaired) electrons. The minimum Gasteiger partial charge on any atom is -0.464 e. The molecule has 0 bridgehead atoms. The Morgan fingerprint density at radius 1 is 1.77 bits per heavy atom. The van der Waals surface area contributed by atoms with Gasteiger partial charge >= 0.3 is 5.97 Å². The van der Waals surface area contributed by atoms with Gasteiger partial charge in [0.05, 0.1) is 17.8 Å². The number of hydrogen-bond acceptors (Lipinski definition) is 4. The molecule has 70 valence electrons. The Kier molecular flexibility index (Phi) is 3.11. The minimum atomic E-state index is -0.553. The van der Waals surface area contributed by atoms with Crippen molar-refractivity contribution in [2.45, 2.75) is 0 Å². The monoisotopic (exact) mass is 264 g/mol. The third kappa shape index (κ3) is 2.10. The smallest absolute Gasteiger partial charge is 0.356 e. The predicted octanol–water partition coefficient (Wildman–Crippen LogP) is 1.87. The lowest BCUT2D eigenvalue weighted by atomic mass is 10.3. The van der Waals surface area contributed by atoms with Crippen LogP contribution in [0.4, 0.5) is 5.69 Å². The summed E-state index contributed by atoms with van der Waals surface area (Å²) in [5.74, 6) is -0.553. The summed E-state index contributed by atoms with van der Waals surface area (Å²) in [6.45, 7) is 0. The molecule has 0 aromatic carbocycles. The Morgan fingerprint density at radius 2 is 2.38 bits per heavy atom. The van der Waals surface area contributed by atoms with Gasteiger partial charge in [-0.3, -0.25) is 0 Å². The molecule has 6 heteroatoms. The summed E-state index contributed by atoms with van der Waals surface area (Å²) in [4.78, 5) is 14.9. The number of ether oxygens (including phenoxy) is 1. The van der Waals surface area contributed by atoms with Gasteiger partial charge in [-0.1, -0.05) is 11.6 Å². The van der Waals surface area contributed by atoms with E-state index in [2.05, 4.69) is 25.7 Å². The molecule has 1 aromatic heterocycles. The number of pyridine rings is 1. The number of aromatic nitrogens is 1. The number of halogens is 2. The first-order valence-electron chi connectivity index (χ1n) is 3.26. The average molecular weight is 265 g/mol. The van der Waals surface area contributed by atoms with E-state index in [9.17, 15) is 4.79 Å². The van der Waals surface area contributed by atoms with Gasteiger partial charge in [-0.05, 0) is 22.0 Å². The van der Waals surface area contributed by atoms with Crippen LogP contribution in [-0.2, 0) is 4.74 Å². The van der Waals surface area contributed by atoms with Crippen molar-refractivity contribution in [1.29, 1.82) is 0 Å². The van der Waals surface area contributed by atoms with Crippen LogP contribution in [0, 0.1) is 0 Å². The highest BCUT2D eigenvalue weighted by atomic mass is 79.9. The SMILES string of the molecule is COC(=O)c1cc(Cl)c(N)c(Br)n1. The second-order valence-electron chi connectivity index (χ2n) is 2.19. The molecule has 1 aromatic rings. The number of nitrogens with zero attached hydrogens (tertiary/aromatic N) is 1. The zero-order valence-electron chi connectivity index (χ0n) is 6.67. The fourth-order valence-corrected chi connectivity index (χ4v) is 1.42. The van der Waals surface area contributed by atoms with Gasteiger partial charge in [0.15, 0.2) is 5.69 Å². The standard InChI is InChI=1S/C7H6BrClN2O2/c1-13-7(12)4-2-3(9)5(10)6(8)11-4/h2H,10H2,1H3. The van der Waals surface area contributed by atoms with Crippen molar-refractivity contribution in [2.75, 3.05) is 12.8 Å². The van der Waals surface area contributed by atoms with E-state index in [1.165, 1.54) is 13.2 Å². The lowest BCUT2D eigenvalue weighted by molar-refractivity contribution is 0.0594. The molecule has 0 unspecified atom stereocenters. The van der Waals surface area contributed by atoms with Gasteiger partial charge in [-0.15, -0.1) is 0 Å². The van der Waals surface area contributed by atoms with Crippen LogP contribution in [0.1, 0.15) is 10.5 Å². The third-order valence-electron chi connectivity index (χ3n) is 1.36. The largest absolute Gasteiger partial charge is 0.464 e. The molecule has 1 heterocycles. The van der Waals surface area contributed by atoms with Crippen molar-refractivity contribution in [1.82, 2.24) is 4.98 Å². The molecule has 0 aliphatic rings. The normalized spacial score (nSPS) is 9.77. The highest BCUT2D eigenvalue weighted by Gasteiger charge is 2.12. The Labute approximate surface area is 88.2 Å². The van der Waals surface area contributed by atoms with E-state index in [0.29, 0.717) is 10.3 Å². The third-order valence-corrected chi connectivity index (χ3v) is 2.27. The molecule has 13 heavy (non-hydrogen) atoms. The Hall–Kier alpha value is -0.810. The molecule has 0 amide bonds. The Balaban J connectivity index is 3.20. The second kappa shape index (κ2) is 3.93. The van der Waals surface area contributed by atoms with Gasteiger partial charge in [0.25, 0.3) is 0 Å². The number of nitrogen functional groups attached to an aromatic ring is 1. The van der Waals surface area contributed by atoms with Crippen LogP contribution in [0.5, 0.6) is 0 Å². The summed E-state index contributed by atoms with van der Waals surface area (Å²) in [7, 11) is 1.27. The van der Waals surface area contributed by atoms with E-state index >= 15 is 0 Å². The molecule has 0 aliphatic heterocycles. The topological polar surface area (TPSA) is 65.2 Å². The summed E-state index contributed by atoms with van der Waals surface area (Å²) < 4.78 is 4.80. The average Bonchev–Trinajstić information content (AvgIpc) is 2.12. The van der Waals surface area contributed by atoms with Crippen molar-refractivity contribution in [3.63, 3.8) is 0 Å². The van der Waals surface area contributed by atoms with Crippen molar-refractivity contribution < 1.29 is 9.53 Å². The zero-order chi connectivity index (χ0) is 10.0. The first-order chi connectivity index (χ1) is 6.06. The molecule has 0 fully saturated rings. The van der Waals surface area contributed by atoms with Gasteiger partial charge in [0, 0.05) is 0 Å². The number of carbonyl (C=O) groups excluding carboxylic acids is 1. The van der Waals surface area contributed by atoms with Crippen molar-refractivity contribution in [2.24, 2.45) is 0 Å². The maximum Gasteiger partial charge on any atom is 0.356 e. The van der Waals surface area contributed by atoms with Gasteiger partial charge in [-0.2, -0.15) is 0 Å². The van der Waals surface area contributed by atoms with Crippen LogP contribution in [0.15, 0.2) is 10.7 Å². The number of anilines is 1. The lowest BCUT2D eigenvalue weighted by Gasteiger charge is -2.03. The van der Waals surface area contributed by atoms with Crippen LogP contribution in [0.2, 0.25) is 5.02 Å². The number of methoxy groups -OCH3 is 1. The number of carbonyl (C=O) groups is 1. The first kappa shape index (κ1) is 10.3. The zero-order valence-corrected chi connectivity index (χ0v) is 9.02. The molecule has 0 saturated carbocycles. The second-order valence-corrected chi connectivity index (χ2v) is 3.34. The van der Waals surface area contributed by atoms with Gasteiger partial charge in [-0.25, -0.2) is 9.78 Å². The van der Waals surface area contributed by atoms with E-state index in [0.717, 1.165) is 0 Å². The molecule has 1 rings (SSSR count). The maximum atomic E-state index is 11.0. The minimum absolute atomic E-state index is 0.119. The number of hydrogen-bond donors (Lipinski definition) is 1. The molecule has 2 N–H and O–H groups in total. The maximum absolute atomic E-state index is 11.0. The molecule has 0 spiro atoms. The number of rotatable bonds is 1. The molecular formula is C7H6BrClN2O2. The van der Waals surface area contributed by atoms with E-state index in [1.54, 1.807) is 0 Å². The summed E-state index contributed by atoms with van der Waals surface area (Å²) in [5.41, 5.74) is 5.92. The van der Waals surface area contributed by atoms with Crippen LogP contribution in [-0.4, -0.2) is 18.1 Å². The van der Waals surface area contributed by atoms with Crippen LogP contribution < -0.4 is 5.73 Å². The number of esters is 1. The molecule has 4 nitrogen and oxygen atoms in total. The van der Waals surface area contributed by atoms with E-state index in [4.69, 9.17) is 17.3 Å². The summed E-state index contributed by atoms with van der Waals surface area (Å²) in [6, 6.07) is 1.35. The van der Waals surface area contributed by atoms with E-state index in [-0.39, 0.29) is 10.7 Å². The molecular weight excluding hydrogens is 259 g/mol. The lowest BCUT2D eigenvalue weighted by Crippen LogP contribution is -2.05. The summed E-state index contributed by atoms with van der Waals surface area (Å²) in [6.07, 6.45) is 0. The van der Waals surface area contributed by atoms with Gasteiger partial charge < -0.3 is 10.5 Å². The molecule has 0 atom stereocenters. The van der Waals surface area contributed by atoms with Crippen LogP contribution >= 0.6 is 27.5 Å². The van der Waals surface area contributed by atoms with Crippen LogP contribution in [0.3, 0.4) is 0 Å².